The Morgan fingerprint density at radius 3 is 2.76 bits per heavy atom. The molecule has 1 heterocycles. The van der Waals surface area contributed by atoms with Gasteiger partial charge < -0.3 is 5.73 Å². The molecule has 5 heteroatoms. The van der Waals surface area contributed by atoms with Crippen LogP contribution in [0.3, 0.4) is 0 Å². The Morgan fingerprint density at radius 2 is 2.18 bits per heavy atom. The molecule has 3 N–H and O–H groups in total. The largest absolute Gasteiger partial charge is 0.327 e. The molecule has 1 aliphatic carbocycles. The maximum atomic E-state index is 6.22. The van der Waals surface area contributed by atoms with Gasteiger partial charge in [0.1, 0.15) is 6.33 Å². The summed E-state index contributed by atoms with van der Waals surface area (Å²) in [5.41, 5.74) is 6.59. The van der Waals surface area contributed by atoms with Gasteiger partial charge in [-0.15, -0.1) is 0 Å². The van der Waals surface area contributed by atoms with Gasteiger partial charge in [0.25, 0.3) is 0 Å². The zero-order valence-electron chi connectivity index (χ0n) is 10.8. The maximum absolute atomic E-state index is 6.22. The number of H-pyrrole nitrogens is 1. The van der Waals surface area contributed by atoms with Gasteiger partial charge in [-0.25, -0.2) is 4.98 Å². The Hall–Kier alpha value is -0.550. The summed E-state index contributed by atoms with van der Waals surface area (Å²) in [5, 5.41) is 8.14. The fraction of sp³-hybridized carbons (Fsp3) is 0.833. The molecule has 0 amide bonds. The second-order valence-electron chi connectivity index (χ2n) is 5.99. The van der Waals surface area contributed by atoms with Gasteiger partial charge in [0, 0.05) is 11.3 Å². The van der Waals surface area contributed by atoms with Gasteiger partial charge in [-0.1, -0.05) is 32.5 Å². The minimum atomic E-state index is 0.281. The number of aromatic nitrogens is 3. The smallest absolute Gasteiger partial charge is 0.183 e. The second kappa shape index (κ2) is 4.98. The summed E-state index contributed by atoms with van der Waals surface area (Å²) in [5.74, 6) is 0.753. The van der Waals surface area contributed by atoms with E-state index in [1.807, 2.05) is 0 Å². The third kappa shape index (κ3) is 3.22. The molecule has 1 aromatic heterocycles. The first-order chi connectivity index (χ1) is 7.97. The zero-order chi connectivity index (χ0) is 12.5. The molecular weight excluding hydrogens is 232 g/mol. The van der Waals surface area contributed by atoms with Crippen molar-refractivity contribution in [3.8, 4) is 0 Å². The Bertz CT molecular complexity index is 344. The number of nitrogens with one attached hydrogen (secondary N) is 1. The fourth-order valence-electron chi connectivity index (χ4n) is 2.47. The predicted octanol–water partition coefficient (Wildman–Crippen LogP) is 2.44. The SMILES string of the molecule is CC(C)(C)C1CCC(N)C(Sc2ncn[nH]2)C1. The van der Waals surface area contributed by atoms with E-state index in [2.05, 4.69) is 36.0 Å². The molecule has 0 saturated heterocycles. The van der Waals surface area contributed by atoms with Crippen molar-refractivity contribution in [2.75, 3.05) is 0 Å². The van der Waals surface area contributed by atoms with Crippen molar-refractivity contribution in [2.24, 2.45) is 17.1 Å². The molecule has 17 heavy (non-hydrogen) atoms. The first-order valence-corrected chi connectivity index (χ1v) is 7.12. The molecule has 4 nitrogen and oxygen atoms in total. The zero-order valence-corrected chi connectivity index (χ0v) is 11.6. The molecule has 3 unspecified atom stereocenters. The third-order valence-corrected chi connectivity index (χ3v) is 4.99. The molecule has 0 radical (unpaired) electrons. The average molecular weight is 254 g/mol. The second-order valence-corrected chi connectivity index (χ2v) is 7.21. The summed E-state index contributed by atoms with van der Waals surface area (Å²) < 4.78 is 0. The standard InChI is InChI=1S/C12H22N4S/c1-12(2,3)8-4-5-9(13)10(6-8)17-11-14-7-15-16-11/h7-10H,4-6,13H2,1-3H3,(H,14,15,16). The number of thioether (sulfide) groups is 1. The Balaban J connectivity index is 2.00. The van der Waals surface area contributed by atoms with E-state index in [1.165, 1.54) is 12.8 Å². The van der Waals surface area contributed by atoms with Gasteiger partial charge in [-0.05, 0) is 30.6 Å². The van der Waals surface area contributed by atoms with E-state index < -0.39 is 0 Å². The molecule has 0 spiro atoms. The highest BCUT2D eigenvalue weighted by Gasteiger charge is 2.35. The van der Waals surface area contributed by atoms with Gasteiger partial charge in [0.2, 0.25) is 0 Å². The van der Waals surface area contributed by atoms with Crippen molar-refractivity contribution in [1.29, 1.82) is 0 Å². The number of hydrogen-bond donors (Lipinski definition) is 2. The van der Waals surface area contributed by atoms with Crippen molar-refractivity contribution in [1.82, 2.24) is 15.2 Å². The topological polar surface area (TPSA) is 67.6 Å². The summed E-state index contributed by atoms with van der Waals surface area (Å²) in [4.78, 5) is 4.17. The highest BCUT2D eigenvalue weighted by atomic mass is 32.2. The Labute approximate surface area is 107 Å². The van der Waals surface area contributed by atoms with Gasteiger partial charge >= 0.3 is 0 Å². The van der Waals surface area contributed by atoms with E-state index in [0.717, 1.165) is 17.5 Å². The lowest BCUT2D eigenvalue weighted by Crippen LogP contribution is -2.41. The van der Waals surface area contributed by atoms with Crippen LogP contribution in [0.15, 0.2) is 11.5 Å². The summed E-state index contributed by atoms with van der Waals surface area (Å²) in [6.45, 7) is 6.97. The predicted molar refractivity (Wildman–Crippen MR) is 70.8 cm³/mol. The van der Waals surface area contributed by atoms with Crippen molar-refractivity contribution in [2.45, 2.75) is 56.5 Å². The molecule has 1 saturated carbocycles. The first-order valence-electron chi connectivity index (χ1n) is 6.24. The normalized spacial score (nSPS) is 30.5. The molecule has 3 atom stereocenters. The fourth-order valence-corrected chi connectivity index (χ4v) is 3.61. The van der Waals surface area contributed by atoms with Gasteiger partial charge in [-0.3, -0.25) is 5.10 Å². The molecule has 1 aliphatic rings. The summed E-state index contributed by atoms with van der Waals surface area (Å²) in [6, 6.07) is 0.281. The van der Waals surface area contributed by atoms with Gasteiger partial charge in [0.15, 0.2) is 5.16 Å². The van der Waals surface area contributed by atoms with Crippen LogP contribution >= 0.6 is 11.8 Å². The number of aromatic amines is 1. The number of nitrogens with zero attached hydrogens (tertiary/aromatic N) is 2. The van der Waals surface area contributed by atoms with Gasteiger partial charge in [0.05, 0.1) is 0 Å². The van der Waals surface area contributed by atoms with Gasteiger partial charge in [-0.2, -0.15) is 5.10 Å². The minimum Gasteiger partial charge on any atom is -0.327 e. The van der Waals surface area contributed by atoms with Crippen molar-refractivity contribution in [3.63, 3.8) is 0 Å². The van der Waals surface area contributed by atoms with Crippen LogP contribution in [-0.2, 0) is 0 Å². The van der Waals surface area contributed by atoms with E-state index >= 15 is 0 Å². The molecule has 96 valence electrons. The third-order valence-electron chi connectivity index (χ3n) is 3.72. The molecule has 0 aliphatic heterocycles. The van der Waals surface area contributed by atoms with E-state index in [4.69, 9.17) is 5.73 Å². The minimum absolute atomic E-state index is 0.281. The molecule has 2 rings (SSSR count). The van der Waals surface area contributed by atoms with Crippen LogP contribution in [0, 0.1) is 11.3 Å². The Kier molecular flexibility index (Phi) is 3.78. The molecule has 1 fully saturated rings. The van der Waals surface area contributed by atoms with Crippen LogP contribution in [0.4, 0.5) is 0 Å². The van der Waals surface area contributed by atoms with Crippen LogP contribution in [0.1, 0.15) is 40.0 Å². The summed E-state index contributed by atoms with van der Waals surface area (Å²) in [6.07, 6.45) is 5.10. The van der Waals surface area contributed by atoms with Crippen LogP contribution < -0.4 is 5.73 Å². The van der Waals surface area contributed by atoms with E-state index in [9.17, 15) is 0 Å². The van der Waals surface area contributed by atoms with E-state index in [1.54, 1.807) is 18.1 Å². The molecule has 0 aromatic carbocycles. The molecule has 0 bridgehead atoms. The summed E-state index contributed by atoms with van der Waals surface area (Å²) >= 11 is 1.74. The first kappa shape index (κ1) is 12.9. The van der Waals surface area contributed by atoms with E-state index in [-0.39, 0.29) is 6.04 Å². The van der Waals surface area contributed by atoms with Crippen molar-refractivity contribution >= 4 is 11.8 Å². The highest BCUT2D eigenvalue weighted by molar-refractivity contribution is 7.99. The molecular formula is C12H22N4S. The Morgan fingerprint density at radius 1 is 1.41 bits per heavy atom. The van der Waals surface area contributed by atoms with Crippen LogP contribution in [0.5, 0.6) is 0 Å². The number of rotatable bonds is 2. The quantitative estimate of drug-likeness (QED) is 0.850. The lowest BCUT2D eigenvalue weighted by atomic mass is 9.71. The summed E-state index contributed by atoms with van der Waals surface area (Å²) in [7, 11) is 0. The number of nitrogens with two attached hydrogens (primary N) is 1. The van der Waals surface area contributed by atoms with Crippen molar-refractivity contribution < 1.29 is 0 Å². The van der Waals surface area contributed by atoms with Crippen LogP contribution in [-0.4, -0.2) is 26.5 Å². The lowest BCUT2D eigenvalue weighted by molar-refractivity contribution is 0.174. The monoisotopic (exact) mass is 254 g/mol. The lowest BCUT2D eigenvalue weighted by Gasteiger charge is -2.40. The maximum Gasteiger partial charge on any atom is 0.183 e. The van der Waals surface area contributed by atoms with E-state index in [0.29, 0.717) is 10.7 Å². The number of hydrogen-bond acceptors (Lipinski definition) is 4. The highest BCUT2D eigenvalue weighted by Crippen LogP contribution is 2.42. The van der Waals surface area contributed by atoms with Crippen LogP contribution in [0.2, 0.25) is 0 Å². The van der Waals surface area contributed by atoms with Crippen LogP contribution in [0.25, 0.3) is 0 Å². The average Bonchev–Trinajstić information content (AvgIpc) is 2.72. The molecule has 1 aromatic rings. The van der Waals surface area contributed by atoms with Crippen molar-refractivity contribution in [3.05, 3.63) is 6.33 Å².